The summed E-state index contributed by atoms with van der Waals surface area (Å²) in [6, 6.07) is 5.19. The Balaban J connectivity index is 1.81. The number of aromatic nitrogens is 1. The van der Waals surface area contributed by atoms with Crippen molar-refractivity contribution in [3.63, 3.8) is 0 Å². The van der Waals surface area contributed by atoms with Crippen LogP contribution in [0.5, 0.6) is 5.75 Å². The van der Waals surface area contributed by atoms with Crippen LogP contribution in [0.4, 0.5) is 4.79 Å². The van der Waals surface area contributed by atoms with Crippen LogP contribution in [0.25, 0.3) is 10.9 Å². The third-order valence-electron chi connectivity index (χ3n) is 5.16. The lowest BCUT2D eigenvalue weighted by atomic mass is 9.93. The first-order valence-corrected chi connectivity index (χ1v) is 8.39. The zero-order valence-electron chi connectivity index (χ0n) is 14.1. The molecule has 3 heterocycles. The molecule has 2 atom stereocenters. The predicted molar refractivity (Wildman–Crippen MR) is 90.0 cm³/mol. The van der Waals surface area contributed by atoms with Crippen LogP contribution >= 0.6 is 0 Å². The molecule has 1 N–H and O–H groups in total. The lowest BCUT2D eigenvalue weighted by molar-refractivity contribution is -0.128. The second-order valence-corrected chi connectivity index (χ2v) is 6.50. The number of hydrogen-bond acceptors (Lipinski definition) is 3. The standard InChI is InChI=1S/C18H21N3O3/c1-4-7-20-17(22)15-9-13-12-8-11(24-3)5-6-14(12)19-16(13)10(2)21(15)18(20)23/h5-6,8,10,15,19H,4,7,9H2,1-3H3. The molecule has 2 aliphatic heterocycles. The van der Waals surface area contributed by atoms with E-state index in [9.17, 15) is 9.59 Å². The fourth-order valence-corrected chi connectivity index (χ4v) is 4.00. The predicted octanol–water partition coefficient (Wildman–Crippen LogP) is 2.84. The fourth-order valence-electron chi connectivity index (χ4n) is 4.00. The van der Waals surface area contributed by atoms with Crippen molar-refractivity contribution in [3.05, 3.63) is 29.5 Å². The molecule has 6 heteroatoms. The average molecular weight is 327 g/mol. The minimum Gasteiger partial charge on any atom is -0.497 e. The molecule has 6 nitrogen and oxygen atoms in total. The van der Waals surface area contributed by atoms with Gasteiger partial charge in [0.25, 0.3) is 5.91 Å². The van der Waals surface area contributed by atoms with Crippen molar-refractivity contribution < 1.29 is 14.3 Å². The van der Waals surface area contributed by atoms with E-state index in [1.807, 2.05) is 32.0 Å². The molecule has 0 bridgehead atoms. The molecule has 0 aliphatic carbocycles. The molecule has 3 amide bonds. The quantitative estimate of drug-likeness (QED) is 0.882. The van der Waals surface area contributed by atoms with Gasteiger partial charge in [0.05, 0.1) is 13.2 Å². The first-order chi connectivity index (χ1) is 11.6. The van der Waals surface area contributed by atoms with Crippen molar-refractivity contribution in [1.29, 1.82) is 0 Å². The summed E-state index contributed by atoms with van der Waals surface area (Å²) >= 11 is 0. The molecule has 4 rings (SSSR count). The number of amides is 3. The second kappa shape index (κ2) is 5.26. The van der Waals surface area contributed by atoms with Crippen LogP contribution < -0.4 is 4.74 Å². The Bertz CT molecular complexity index is 841. The number of urea groups is 1. The van der Waals surface area contributed by atoms with Crippen molar-refractivity contribution in [2.24, 2.45) is 0 Å². The molecule has 2 aliphatic rings. The summed E-state index contributed by atoms with van der Waals surface area (Å²) in [6.07, 6.45) is 1.33. The minimum atomic E-state index is -0.392. The lowest BCUT2D eigenvalue weighted by Gasteiger charge is -2.33. The highest BCUT2D eigenvalue weighted by atomic mass is 16.5. The highest BCUT2D eigenvalue weighted by Crippen LogP contribution is 2.41. The summed E-state index contributed by atoms with van der Waals surface area (Å²) in [7, 11) is 1.65. The summed E-state index contributed by atoms with van der Waals surface area (Å²) in [5.74, 6) is 0.720. The minimum absolute atomic E-state index is 0.0726. The van der Waals surface area contributed by atoms with Crippen molar-refractivity contribution in [1.82, 2.24) is 14.8 Å². The molecular weight excluding hydrogens is 306 g/mol. The molecule has 2 unspecified atom stereocenters. The Morgan fingerprint density at radius 1 is 1.33 bits per heavy atom. The topological polar surface area (TPSA) is 65.6 Å². The van der Waals surface area contributed by atoms with E-state index in [0.29, 0.717) is 13.0 Å². The largest absolute Gasteiger partial charge is 0.497 e. The Morgan fingerprint density at radius 2 is 2.12 bits per heavy atom. The number of rotatable bonds is 3. The van der Waals surface area contributed by atoms with E-state index in [0.717, 1.165) is 34.3 Å². The van der Waals surface area contributed by atoms with Crippen molar-refractivity contribution in [3.8, 4) is 5.75 Å². The van der Waals surface area contributed by atoms with Gasteiger partial charge in [-0.15, -0.1) is 0 Å². The normalized spacial score (nSPS) is 23.0. The molecule has 1 aromatic heterocycles. The SMILES string of the molecule is CCCN1C(=O)C2Cc3c([nH]c4ccc(OC)cc34)C(C)N2C1=O. The number of aromatic amines is 1. The van der Waals surface area contributed by atoms with Crippen LogP contribution in [0.2, 0.25) is 0 Å². The number of H-pyrrole nitrogens is 1. The van der Waals surface area contributed by atoms with Crippen LogP contribution in [-0.4, -0.2) is 46.4 Å². The van der Waals surface area contributed by atoms with Gasteiger partial charge >= 0.3 is 6.03 Å². The highest BCUT2D eigenvalue weighted by molar-refractivity contribution is 6.05. The zero-order valence-corrected chi connectivity index (χ0v) is 14.1. The third-order valence-corrected chi connectivity index (χ3v) is 5.16. The maximum Gasteiger partial charge on any atom is 0.328 e. The number of imide groups is 1. The van der Waals surface area contributed by atoms with Gasteiger partial charge < -0.3 is 14.6 Å². The first kappa shape index (κ1) is 15.1. The van der Waals surface area contributed by atoms with Crippen LogP contribution in [0.1, 0.15) is 37.6 Å². The third kappa shape index (κ3) is 1.89. The zero-order chi connectivity index (χ0) is 17.0. The summed E-state index contributed by atoms with van der Waals surface area (Å²) in [6.45, 7) is 4.45. The van der Waals surface area contributed by atoms with E-state index in [-0.39, 0.29) is 18.0 Å². The number of carbonyl (C=O) groups excluding carboxylic acids is 2. The Morgan fingerprint density at radius 3 is 2.83 bits per heavy atom. The van der Waals surface area contributed by atoms with E-state index in [1.54, 1.807) is 12.0 Å². The van der Waals surface area contributed by atoms with Crippen LogP contribution in [0, 0.1) is 0 Å². The van der Waals surface area contributed by atoms with E-state index < -0.39 is 6.04 Å². The molecule has 2 aromatic rings. The average Bonchev–Trinajstić information content (AvgIpc) is 3.06. The van der Waals surface area contributed by atoms with Gasteiger partial charge in [-0.05, 0) is 37.1 Å². The lowest BCUT2D eigenvalue weighted by Crippen LogP contribution is -2.42. The number of ether oxygens (including phenoxy) is 1. The molecule has 1 aromatic carbocycles. The second-order valence-electron chi connectivity index (χ2n) is 6.50. The summed E-state index contributed by atoms with van der Waals surface area (Å²) in [5, 5.41) is 1.07. The van der Waals surface area contributed by atoms with Crippen molar-refractivity contribution in [2.45, 2.75) is 38.8 Å². The molecule has 24 heavy (non-hydrogen) atoms. The molecule has 1 saturated heterocycles. The van der Waals surface area contributed by atoms with E-state index in [1.165, 1.54) is 4.90 Å². The van der Waals surface area contributed by atoms with Crippen LogP contribution in [0.15, 0.2) is 18.2 Å². The van der Waals surface area contributed by atoms with E-state index in [2.05, 4.69) is 4.98 Å². The first-order valence-electron chi connectivity index (χ1n) is 8.39. The van der Waals surface area contributed by atoms with Gasteiger partial charge in [-0.3, -0.25) is 9.69 Å². The molecule has 0 spiro atoms. The molecule has 0 saturated carbocycles. The van der Waals surface area contributed by atoms with Crippen molar-refractivity contribution >= 4 is 22.8 Å². The number of fused-ring (bicyclic) bond motifs is 4. The van der Waals surface area contributed by atoms with Crippen LogP contribution in [0.3, 0.4) is 0 Å². The number of methoxy groups -OCH3 is 1. The molecular formula is C18H21N3O3. The van der Waals surface area contributed by atoms with Crippen LogP contribution in [-0.2, 0) is 11.2 Å². The van der Waals surface area contributed by atoms with Gasteiger partial charge in [-0.2, -0.15) is 0 Å². The molecule has 1 fully saturated rings. The number of carbonyl (C=O) groups is 2. The maximum absolute atomic E-state index is 12.7. The summed E-state index contributed by atoms with van der Waals surface area (Å²) in [5.41, 5.74) is 3.16. The van der Waals surface area contributed by atoms with Gasteiger partial charge in [0.15, 0.2) is 0 Å². The Kier molecular flexibility index (Phi) is 3.30. The number of nitrogens with zero attached hydrogens (tertiary/aromatic N) is 2. The number of hydrogen-bond donors (Lipinski definition) is 1. The summed E-state index contributed by atoms with van der Waals surface area (Å²) in [4.78, 5) is 31.9. The van der Waals surface area contributed by atoms with Crippen molar-refractivity contribution in [2.75, 3.05) is 13.7 Å². The Labute approximate surface area is 140 Å². The fraction of sp³-hybridized carbons (Fsp3) is 0.444. The monoisotopic (exact) mass is 327 g/mol. The highest BCUT2D eigenvalue weighted by Gasteiger charge is 2.50. The number of benzene rings is 1. The van der Waals surface area contributed by atoms with E-state index >= 15 is 0 Å². The van der Waals surface area contributed by atoms with Gasteiger partial charge in [-0.25, -0.2) is 4.79 Å². The Hall–Kier alpha value is -2.50. The molecule has 0 radical (unpaired) electrons. The smallest absolute Gasteiger partial charge is 0.328 e. The van der Waals surface area contributed by atoms with Gasteiger partial charge in [0.1, 0.15) is 11.8 Å². The van der Waals surface area contributed by atoms with E-state index in [4.69, 9.17) is 4.74 Å². The van der Waals surface area contributed by atoms with Gasteiger partial charge in [-0.1, -0.05) is 6.92 Å². The van der Waals surface area contributed by atoms with Gasteiger partial charge in [0, 0.05) is 29.6 Å². The van der Waals surface area contributed by atoms with Gasteiger partial charge in [0.2, 0.25) is 0 Å². The summed E-state index contributed by atoms with van der Waals surface area (Å²) < 4.78 is 5.33. The molecule has 126 valence electrons. The number of nitrogens with one attached hydrogen (secondary N) is 1. The maximum atomic E-state index is 12.7.